The minimum absolute atomic E-state index is 0.265. The first kappa shape index (κ1) is 17.6. The average molecular weight is 378 g/mol. The first-order valence-corrected chi connectivity index (χ1v) is 8.66. The summed E-state index contributed by atoms with van der Waals surface area (Å²) < 4.78 is -1.64. The molecule has 118 valence electrons. The highest BCUT2D eigenvalue weighted by Gasteiger charge is 2.33. The predicted octanol–water partition coefficient (Wildman–Crippen LogP) is 4.01. The van der Waals surface area contributed by atoms with Crippen LogP contribution < -0.4 is 10.6 Å². The Morgan fingerprint density at radius 3 is 2.45 bits per heavy atom. The van der Waals surface area contributed by atoms with E-state index in [2.05, 4.69) is 10.6 Å². The number of nitrogens with one attached hydrogen (secondary N) is 2. The molecule has 0 aliphatic rings. The van der Waals surface area contributed by atoms with Crippen LogP contribution in [0.1, 0.15) is 15.2 Å². The van der Waals surface area contributed by atoms with Crippen molar-refractivity contribution < 1.29 is 4.79 Å². The van der Waals surface area contributed by atoms with Crippen LogP contribution in [-0.2, 0) is 6.42 Å². The van der Waals surface area contributed by atoms with Crippen LogP contribution in [0.15, 0.2) is 47.8 Å². The Balaban J connectivity index is 1.91. The number of hydrogen-bond acceptors (Lipinski definition) is 3. The van der Waals surface area contributed by atoms with E-state index in [4.69, 9.17) is 34.8 Å². The molecule has 0 fully saturated rings. The normalized spacial score (nSPS) is 12.9. The molecule has 1 atom stereocenters. The van der Waals surface area contributed by atoms with Crippen molar-refractivity contribution in [3.05, 3.63) is 58.3 Å². The smallest absolute Gasteiger partial charge is 0.262 e. The highest BCUT2D eigenvalue weighted by Crippen LogP contribution is 2.29. The van der Waals surface area contributed by atoms with Gasteiger partial charge in [-0.15, -0.1) is 11.3 Å². The van der Waals surface area contributed by atoms with Crippen LogP contribution in [0.5, 0.6) is 0 Å². The number of carbonyl (C=O) groups is 1. The van der Waals surface area contributed by atoms with Crippen molar-refractivity contribution in [2.24, 2.45) is 0 Å². The number of carbonyl (C=O) groups excluding carboxylic acids is 1. The van der Waals surface area contributed by atoms with Gasteiger partial charge in [0, 0.05) is 6.54 Å². The van der Waals surface area contributed by atoms with Crippen LogP contribution in [0.2, 0.25) is 0 Å². The summed E-state index contributed by atoms with van der Waals surface area (Å²) >= 11 is 19.2. The quantitative estimate of drug-likeness (QED) is 0.590. The largest absolute Gasteiger partial charge is 0.332 e. The van der Waals surface area contributed by atoms with E-state index in [0.29, 0.717) is 11.4 Å². The van der Waals surface area contributed by atoms with Gasteiger partial charge in [-0.25, -0.2) is 0 Å². The molecule has 0 aliphatic carbocycles. The number of halogens is 3. The zero-order chi connectivity index (χ0) is 16.0. The lowest BCUT2D eigenvalue weighted by Crippen LogP contribution is -2.53. The lowest BCUT2D eigenvalue weighted by Gasteiger charge is -2.26. The number of thiophene rings is 1. The molecule has 1 heterocycles. The molecule has 1 aromatic heterocycles. The van der Waals surface area contributed by atoms with Crippen LogP contribution in [0.25, 0.3) is 0 Å². The number of alkyl halides is 3. The molecule has 0 saturated heterocycles. The Bertz CT molecular complexity index is 585. The molecule has 1 amide bonds. The second-order valence-electron chi connectivity index (χ2n) is 4.62. The van der Waals surface area contributed by atoms with Gasteiger partial charge in [-0.3, -0.25) is 10.1 Å². The van der Waals surface area contributed by atoms with Crippen LogP contribution in [-0.4, -0.2) is 22.4 Å². The standard InChI is InChI=1S/C15H15Cl3N2OS/c16-15(17,18)14(20-13(21)12-7-4-10-22-12)19-9-8-11-5-2-1-3-6-11/h1-7,10,14,19H,8-9H2,(H,20,21)/t14-/m0/s1. The summed E-state index contributed by atoms with van der Waals surface area (Å²) in [5.41, 5.74) is 1.17. The summed E-state index contributed by atoms with van der Waals surface area (Å²) in [5, 5.41) is 7.61. The summed E-state index contributed by atoms with van der Waals surface area (Å²) in [5.74, 6) is -0.265. The Morgan fingerprint density at radius 1 is 1.14 bits per heavy atom. The van der Waals surface area contributed by atoms with Gasteiger partial charge in [0.2, 0.25) is 3.79 Å². The Hall–Kier alpha value is -0.780. The van der Waals surface area contributed by atoms with Gasteiger partial charge >= 0.3 is 0 Å². The molecule has 0 radical (unpaired) electrons. The number of amides is 1. The number of benzene rings is 1. The molecule has 7 heteroatoms. The molecule has 0 bridgehead atoms. The maximum Gasteiger partial charge on any atom is 0.262 e. The fraction of sp³-hybridized carbons (Fsp3) is 0.267. The number of rotatable bonds is 6. The molecular formula is C15H15Cl3N2OS. The molecule has 1 aromatic carbocycles. The van der Waals surface area contributed by atoms with E-state index < -0.39 is 9.96 Å². The third-order valence-corrected chi connectivity index (χ3v) is 4.48. The maximum absolute atomic E-state index is 12.1. The summed E-state index contributed by atoms with van der Waals surface area (Å²) in [6, 6.07) is 13.5. The van der Waals surface area contributed by atoms with E-state index in [0.717, 1.165) is 6.42 Å². The van der Waals surface area contributed by atoms with Gasteiger partial charge < -0.3 is 5.32 Å². The van der Waals surface area contributed by atoms with Crippen molar-refractivity contribution in [3.63, 3.8) is 0 Å². The van der Waals surface area contributed by atoms with Crippen molar-refractivity contribution in [2.75, 3.05) is 6.54 Å². The van der Waals surface area contributed by atoms with Gasteiger partial charge in [0.25, 0.3) is 5.91 Å². The molecule has 0 unspecified atom stereocenters. The maximum atomic E-state index is 12.1. The van der Waals surface area contributed by atoms with E-state index in [-0.39, 0.29) is 5.91 Å². The average Bonchev–Trinajstić information content (AvgIpc) is 3.00. The first-order chi connectivity index (χ1) is 10.5. The molecule has 3 nitrogen and oxygen atoms in total. The highest BCUT2D eigenvalue weighted by molar-refractivity contribution is 7.12. The first-order valence-electron chi connectivity index (χ1n) is 6.65. The van der Waals surface area contributed by atoms with Crippen LogP contribution in [0.4, 0.5) is 0 Å². The van der Waals surface area contributed by atoms with Crippen molar-refractivity contribution >= 4 is 52.0 Å². The van der Waals surface area contributed by atoms with Gasteiger partial charge in [0.1, 0.15) is 6.17 Å². The third-order valence-electron chi connectivity index (χ3n) is 2.95. The fourth-order valence-corrected chi connectivity index (χ4v) is 2.89. The molecule has 0 saturated carbocycles. The topological polar surface area (TPSA) is 41.1 Å². The van der Waals surface area contributed by atoms with Crippen molar-refractivity contribution in [2.45, 2.75) is 16.4 Å². The van der Waals surface area contributed by atoms with Crippen molar-refractivity contribution in [3.8, 4) is 0 Å². The number of hydrogen-bond donors (Lipinski definition) is 2. The monoisotopic (exact) mass is 376 g/mol. The van der Waals surface area contributed by atoms with Crippen molar-refractivity contribution in [1.82, 2.24) is 10.6 Å². The van der Waals surface area contributed by atoms with E-state index in [9.17, 15) is 4.79 Å². The molecule has 2 aromatic rings. The van der Waals surface area contributed by atoms with Gasteiger partial charge in [0.15, 0.2) is 0 Å². The zero-order valence-corrected chi connectivity index (χ0v) is 14.6. The Labute approximate surface area is 148 Å². The summed E-state index contributed by atoms with van der Waals surface area (Å²) in [6.45, 7) is 0.577. The lowest BCUT2D eigenvalue weighted by atomic mass is 10.1. The molecule has 0 aliphatic heterocycles. The second-order valence-corrected chi connectivity index (χ2v) is 7.93. The van der Waals surface area contributed by atoms with Gasteiger partial charge in [-0.05, 0) is 23.4 Å². The second kappa shape index (κ2) is 8.18. The Morgan fingerprint density at radius 2 is 1.86 bits per heavy atom. The lowest BCUT2D eigenvalue weighted by molar-refractivity contribution is 0.0934. The minimum atomic E-state index is -1.64. The Kier molecular flexibility index (Phi) is 6.53. The van der Waals surface area contributed by atoms with E-state index >= 15 is 0 Å². The van der Waals surface area contributed by atoms with Crippen molar-refractivity contribution in [1.29, 1.82) is 0 Å². The fourth-order valence-electron chi connectivity index (χ4n) is 1.86. The highest BCUT2D eigenvalue weighted by atomic mass is 35.6. The molecular weight excluding hydrogens is 363 g/mol. The zero-order valence-electron chi connectivity index (χ0n) is 11.6. The van der Waals surface area contributed by atoms with Gasteiger partial charge in [-0.2, -0.15) is 0 Å². The summed E-state index contributed by atoms with van der Waals surface area (Å²) in [7, 11) is 0. The minimum Gasteiger partial charge on any atom is -0.332 e. The summed E-state index contributed by atoms with van der Waals surface area (Å²) in [6.07, 6.45) is 0.00303. The van der Waals surface area contributed by atoms with E-state index in [1.165, 1.54) is 16.9 Å². The van der Waals surface area contributed by atoms with Gasteiger partial charge in [0.05, 0.1) is 4.88 Å². The van der Waals surface area contributed by atoms with Crippen LogP contribution in [0.3, 0.4) is 0 Å². The third kappa shape index (κ3) is 5.45. The van der Waals surface area contributed by atoms with Crippen LogP contribution >= 0.6 is 46.1 Å². The molecule has 2 N–H and O–H groups in total. The predicted molar refractivity (Wildman–Crippen MR) is 94.0 cm³/mol. The van der Waals surface area contributed by atoms with Crippen LogP contribution in [0, 0.1) is 0 Å². The van der Waals surface area contributed by atoms with Gasteiger partial charge in [-0.1, -0.05) is 71.2 Å². The molecule has 22 heavy (non-hydrogen) atoms. The molecule has 0 spiro atoms. The SMILES string of the molecule is O=C(N[C@H](NCCc1ccccc1)C(Cl)(Cl)Cl)c1cccs1. The summed E-state index contributed by atoms with van der Waals surface area (Å²) in [4.78, 5) is 12.7. The van der Waals surface area contributed by atoms with E-state index in [1.54, 1.807) is 12.1 Å². The van der Waals surface area contributed by atoms with E-state index in [1.807, 2.05) is 35.7 Å². The molecule has 2 rings (SSSR count).